The van der Waals surface area contributed by atoms with Crippen LogP contribution < -0.4 is 5.32 Å². The van der Waals surface area contributed by atoms with Crippen molar-refractivity contribution < 1.29 is 0 Å². The van der Waals surface area contributed by atoms with E-state index in [4.69, 9.17) is 0 Å². The first-order valence-electron chi connectivity index (χ1n) is 3.48. The summed E-state index contributed by atoms with van der Waals surface area (Å²) >= 11 is 2.30. The van der Waals surface area contributed by atoms with Crippen molar-refractivity contribution >= 4 is 36.0 Å². The Hall–Kier alpha value is 0.0869. The number of aromatic nitrogens is 3. The number of aryl methyl sites for hydroxylation is 1. The lowest BCUT2D eigenvalue weighted by Gasteiger charge is -2.11. The van der Waals surface area contributed by atoms with Gasteiger partial charge in [-0.25, -0.2) is 4.68 Å². The third kappa shape index (κ3) is 1.81. The van der Waals surface area contributed by atoms with E-state index in [-0.39, 0.29) is 0 Å². The Bertz CT molecular complexity index is 263. The van der Waals surface area contributed by atoms with Crippen molar-refractivity contribution in [1.29, 1.82) is 0 Å². The molecule has 0 saturated carbocycles. The van der Waals surface area contributed by atoms with Gasteiger partial charge in [-0.3, -0.25) is 0 Å². The van der Waals surface area contributed by atoms with Crippen LogP contribution in [0, 0.1) is 3.70 Å². The summed E-state index contributed by atoms with van der Waals surface area (Å²) in [6.07, 6.45) is 0. The van der Waals surface area contributed by atoms with Gasteiger partial charge in [-0.15, -0.1) is 5.10 Å². The maximum atomic E-state index is 4.15. The van der Waals surface area contributed by atoms with Gasteiger partial charge in [0.05, 0.1) is 5.32 Å². The predicted molar refractivity (Wildman–Crippen MR) is 56.7 cm³/mol. The SMILES string of the molecule is Cn1nnc([Si](C)(C)C)c1I. The van der Waals surface area contributed by atoms with Crippen LogP contribution in [0.3, 0.4) is 0 Å². The average molecular weight is 281 g/mol. The molecule has 0 aliphatic rings. The van der Waals surface area contributed by atoms with E-state index in [1.165, 1.54) is 9.02 Å². The molecule has 0 aliphatic heterocycles. The van der Waals surface area contributed by atoms with Crippen molar-refractivity contribution in [3.05, 3.63) is 3.70 Å². The second-order valence-electron chi connectivity index (χ2n) is 3.60. The minimum absolute atomic E-state index is 1.18. The molecular formula is C6H12IN3Si. The maximum Gasteiger partial charge on any atom is 0.117 e. The fourth-order valence-electron chi connectivity index (χ4n) is 0.805. The summed E-state index contributed by atoms with van der Waals surface area (Å²) in [5.41, 5.74) is 0. The standard InChI is InChI=1S/C6H12IN3Si/c1-10-5(7)6(8-9-10)11(2,3)4/h1-4H3. The molecule has 11 heavy (non-hydrogen) atoms. The van der Waals surface area contributed by atoms with Crippen molar-refractivity contribution in [2.45, 2.75) is 19.6 Å². The Morgan fingerprint density at radius 1 is 1.36 bits per heavy atom. The molecule has 62 valence electrons. The number of hydrogen-bond donors (Lipinski definition) is 0. The van der Waals surface area contributed by atoms with E-state index < -0.39 is 8.07 Å². The Balaban J connectivity index is 3.15. The molecule has 5 heteroatoms. The van der Waals surface area contributed by atoms with Gasteiger partial charge in [-0.2, -0.15) is 0 Å². The molecule has 0 aromatic carbocycles. The highest BCUT2D eigenvalue weighted by Gasteiger charge is 2.24. The van der Waals surface area contributed by atoms with E-state index in [0.29, 0.717) is 0 Å². The van der Waals surface area contributed by atoms with Gasteiger partial charge in [0.2, 0.25) is 0 Å². The first-order valence-corrected chi connectivity index (χ1v) is 8.06. The van der Waals surface area contributed by atoms with Gasteiger partial charge < -0.3 is 0 Å². The molecule has 1 aromatic rings. The monoisotopic (exact) mass is 281 g/mol. The van der Waals surface area contributed by atoms with Gasteiger partial charge in [0.1, 0.15) is 11.8 Å². The summed E-state index contributed by atoms with van der Waals surface area (Å²) in [6, 6.07) is 0. The predicted octanol–water partition coefficient (Wildman–Crippen LogP) is 0.965. The molecule has 1 heterocycles. The lowest BCUT2D eigenvalue weighted by Crippen LogP contribution is -2.40. The Kier molecular flexibility index (Phi) is 2.38. The van der Waals surface area contributed by atoms with Crippen LogP contribution in [0.25, 0.3) is 0 Å². The van der Waals surface area contributed by atoms with Crippen LogP contribution in [0.2, 0.25) is 19.6 Å². The molecular weight excluding hydrogens is 269 g/mol. The molecule has 0 amide bonds. The smallest absolute Gasteiger partial charge is 0.117 e. The molecule has 0 spiro atoms. The summed E-state index contributed by atoms with van der Waals surface area (Å²) in [6.45, 7) is 6.83. The summed E-state index contributed by atoms with van der Waals surface area (Å²) in [7, 11) is 0.670. The first-order chi connectivity index (χ1) is 4.93. The molecule has 0 atom stereocenters. The molecule has 0 radical (unpaired) electrons. The van der Waals surface area contributed by atoms with Crippen molar-refractivity contribution in [1.82, 2.24) is 15.0 Å². The number of nitrogens with zero attached hydrogens (tertiary/aromatic N) is 3. The van der Waals surface area contributed by atoms with Gasteiger partial charge in [-0.1, -0.05) is 24.9 Å². The fraction of sp³-hybridized carbons (Fsp3) is 0.667. The molecule has 0 bridgehead atoms. The van der Waals surface area contributed by atoms with Crippen LogP contribution in [0.5, 0.6) is 0 Å². The molecule has 0 fully saturated rings. The first kappa shape index (κ1) is 9.18. The molecule has 0 saturated heterocycles. The highest BCUT2D eigenvalue weighted by molar-refractivity contribution is 14.1. The largest absolute Gasteiger partial charge is 0.242 e. The minimum atomic E-state index is -1.26. The topological polar surface area (TPSA) is 30.7 Å². The van der Waals surface area contributed by atoms with E-state index in [1.54, 1.807) is 0 Å². The van der Waals surface area contributed by atoms with Crippen molar-refractivity contribution in [2.24, 2.45) is 7.05 Å². The van der Waals surface area contributed by atoms with E-state index in [9.17, 15) is 0 Å². The van der Waals surface area contributed by atoms with Crippen LogP contribution in [-0.2, 0) is 7.05 Å². The zero-order valence-corrected chi connectivity index (χ0v) is 10.4. The molecule has 1 rings (SSSR count). The Morgan fingerprint density at radius 2 is 1.91 bits per heavy atom. The van der Waals surface area contributed by atoms with Crippen LogP contribution in [0.15, 0.2) is 0 Å². The maximum absolute atomic E-state index is 4.15. The number of rotatable bonds is 1. The van der Waals surface area contributed by atoms with E-state index in [2.05, 4.69) is 52.5 Å². The van der Waals surface area contributed by atoms with Gasteiger partial charge in [0.25, 0.3) is 0 Å². The van der Waals surface area contributed by atoms with Crippen LogP contribution in [0.4, 0.5) is 0 Å². The zero-order valence-electron chi connectivity index (χ0n) is 7.22. The van der Waals surface area contributed by atoms with E-state index >= 15 is 0 Å². The van der Waals surface area contributed by atoms with E-state index in [1.807, 2.05) is 11.7 Å². The third-order valence-electron chi connectivity index (χ3n) is 1.47. The van der Waals surface area contributed by atoms with Gasteiger partial charge >= 0.3 is 0 Å². The average Bonchev–Trinajstić information content (AvgIpc) is 2.11. The third-order valence-corrected chi connectivity index (χ3v) is 4.94. The highest BCUT2D eigenvalue weighted by atomic mass is 127. The summed E-state index contributed by atoms with van der Waals surface area (Å²) in [4.78, 5) is 0. The summed E-state index contributed by atoms with van der Waals surface area (Å²) < 4.78 is 3.01. The Labute approximate surface area is 81.3 Å². The van der Waals surface area contributed by atoms with Crippen molar-refractivity contribution in [3.63, 3.8) is 0 Å². The quantitative estimate of drug-likeness (QED) is 0.567. The second kappa shape index (κ2) is 2.85. The van der Waals surface area contributed by atoms with E-state index in [0.717, 1.165) is 0 Å². The zero-order chi connectivity index (χ0) is 8.65. The molecule has 0 unspecified atom stereocenters. The molecule has 1 aromatic heterocycles. The molecule has 0 aliphatic carbocycles. The fourth-order valence-corrected chi connectivity index (χ4v) is 4.56. The Morgan fingerprint density at radius 3 is 2.09 bits per heavy atom. The lowest BCUT2D eigenvalue weighted by atomic mass is 10.9. The molecule has 0 N–H and O–H groups in total. The second-order valence-corrected chi connectivity index (χ2v) is 9.60. The van der Waals surface area contributed by atoms with Crippen molar-refractivity contribution in [2.75, 3.05) is 0 Å². The summed E-state index contributed by atoms with van der Waals surface area (Å²) in [5, 5.41) is 9.34. The summed E-state index contributed by atoms with van der Waals surface area (Å²) in [5.74, 6) is 0. The highest BCUT2D eigenvalue weighted by Crippen LogP contribution is 2.05. The van der Waals surface area contributed by atoms with Crippen LogP contribution >= 0.6 is 22.6 Å². The van der Waals surface area contributed by atoms with Crippen LogP contribution in [0.1, 0.15) is 0 Å². The normalized spacial score (nSPS) is 12.1. The number of halogens is 1. The van der Waals surface area contributed by atoms with Crippen molar-refractivity contribution in [3.8, 4) is 0 Å². The van der Waals surface area contributed by atoms with Crippen LogP contribution in [-0.4, -0.2) is 23.1 Å². The number of hydrogen-bond acceptors (Lipinski definition) is 2. The molecule has 3 nitrogen and oxygen atoms in total. The van der Waals surface area contributed by atoms with Gasteiger partial charge in [0, 0.05) is 7.05 Å². The minimum Gasteiger partial charge on any atom is -0.242 e. The lowest BCUT2D eigenvalue weighted by molar-refractivity contribution is 0.701. The van der Waals surface area contributed by atoms with Gasteiger partial charge in [0.15, 0.2) is 0 Å². The van der Waals surface area contributed by atoms with Gasteiger partial charge in [-0.05, 0) is 22.6 Å².